The Kier molecular flexibility index (Phi) is 8.02. The van der Waals surface area contributed by atoms with E-state index in [2.05, 4.69) is 36.9 Å². The van der Waals surface area contributed by atoms with Gasteiger partial charge in [-0.3, -0.25) is 9.10 Å². The maximum atomic E-state index is 14.1. The van der Waals surface area contributed by atoms with Crippen LogP contribution >= 0.6 is 0 Å². The van der Waals surface area contributed by atoms with Gasteiger partial charge in [0.25, 0.3) is 5.91 Å². The van der Waals surface area contributed by atoms with E-state index in [-0.39, 0.29) is 24.6 Å². The number of aryl methyl sites for hydroxylation is 1. The number of sulfonamides is 1. The number of anilines is 2. The minimum Gasteiger partial charge on any atom is -0.484 e. The van der Waals surface area contributed by atoms with E-state index < -0.39 is 15.8 Å². The van der Waals surface area contributed by atoms with Gasteiger partial charge in [-0.25, -0.2) is 12.8 Å². The highest BCUT2D eigenvalue weighted by Gasteiger charge is 2.23. The molecule has 0 unspecified atom stereocenters. The molecular weight excluding hydrogens is 493 g/mol. The summed E-state index contributed by atoms with van der Waals surface area (Å²) in [4.78, 5) is 16.8. The van der Waals surface area contributed by atoms with E-state index in [4.69, 9.17) is 4.74 Å². The van der Waals surface area contributed by atoms with E-state index in [1.54, 1.807) is 47.4 Å². The smallest absolute Gasteiger partial charge is 0.260 e. The molecular formula is C28H32FN3O4S. The summed E-state index contributed by atoms with van der Waals surface area (Å²) in [5.74, 6) is -0.114. The lowest BCUT2D eigenvalue weighted by atomic mass is 10.1. The molecule has 196 valence electrons. The Bertz CT molecular complexity index is 1350. The molecule has 1 saturated heterocycles. The van der Waals surface area contributed by atoms with E-state index in [1.807, 2.05) is 0 Å². The lowest BCUT2D eigenvalue weighted by Crippen LogP contribution is -2.50. The molecule has 7 nitrogen and oxygen atoms in total. The predicted molar refractivity (Wildman–Crippen MR) is 144 cm³/mol. The van der Waals surface area contributed by atoms with Crippen molar-refractivity contribution in [3.8, 4) is 5.75 Å². The first-order chi connectivity index (χ1) is 17.6. The number of halogens is 1. The van der Waals surface area contributed by atoms with Crippen molar-refractivity contribution in [3.05, 3.63) is 89.2 Å². The normalized spacial score (nSPS) is 13.9. The number of benzene rings is 3. The van der Waals surface area contributed by atoms with Gasteiger partial charge in [0, 0.05) is 37.4 Å². The van der Waals surface area contributed by atoms with Gasteiger partial charge >= 0.3 is 0 Å². The van der Waals surface area contributed by atoms with Crippen LogP contribution in [0.5, 0.6) is 5.75 Å². The second kappa shape index (κ2) is 11.2. The van der Waals surface area contributed by atoms with Gasteiger partial charge in [-0.2, -0.15) is 0 Å². The summed E-state index contributed by atoms with van der Waals surface area (Å²) in [6, 6.07) is 18.8. The van der Waals surface area contributed by atoms with Crippen molar-refractivity contribution < 1.29 is 22.3 Å². The molecule has 3 aromatic rings. The Morgan fingerprint density at radius 2 is 1.62 bits per heavy atom. The van der Waals surface area contributed by atoms with Crippen LogP contribution in [0.4, 0.5) is 15.8 Å². The molecule has 0 aromatic heterocycles. The number of nitrogens with zero attached hydrogens (tertiary/aromatic N) is 3. The number of rotatable bonds is 8. The third-order valence-electron chi connectivity index (χ3n) is 6.71. The monoisotopic (exact) mass is 525 g/mol. The zero-order valence-electron chi connectivity index (χ0n) is 21.4. The first kappa shape index (κ1) is 26.5. The molecule has 1 aliphatic heterocycles. The summed E-state index contributed by atoms with van der Waals surface area (Å²) in [6.45, 7) is 6.75. The van der Waals surface area contributed by atoms with Crippen molar-refractivity contribution >= 4 is 27.3 Å². The van der Waals surface area contributed by atoms with Crippen LogP contribution in [0.25, 0.3) is 0 Å². The van der Waals surface area contributed by atoms with E-state index in [1.165, 1.54) is 22.9 Å². The zero-order chi connectivity index (χ0) is 26.6. The topological polar surface area (TPSA) is 70.2 Å². The Morgan fingerprint density at radius 3 is 2.27 bits per heavy atom. The molecule has 0 spiro atoms. The molecule has 0 N–H and O–H groups in total. The van der Waals surface area contributed by atoms with Crippen molar-refractivity contribution in [2.24, 2.45) is 0 Å². The summed E-state index contributed by atoms with van der Waals surface area (Å²) in [7, 11) is -3.65. The fourth-order valence-corrected chi connectivity index (χ4v) is 5.28. The molecule has 0 saturated carbocycles. The molecule has 1 heterocycles. The third kappa shape index (κ3) is 6.40. The summed E-state index contributed by atoms with van der Waals surface area (Å²) in [5.41, 5.74) is 4.38. The Hall–Kier alpha value is -3.59. The Balaban J connectivity index is 1.33. The number of carbonyl (C=O) groups is 1. The van der Waals surface area contributed by atoms with E-state index >= 15 is 0 Å². The van der Waals surface area contributed by atoms with Crippen molar-refractivity contribution in [1.29, 1.82) is 0 Å². The second-order valence-corrected chi connectivity index (χ2v) is 11.1. The van der Waals surface area contributed by atoms with Gasteiger partial charge in [0.1, 0.15) is 11.6 Å². The maximum Gasteiger partial charge on any atom is 0.260 e. The number of hydrogen-bond donors (Lipinski definition) is 0. The number of ether oxygens (including phenoxy) is 1. The Morgan fingerprint density at radius 1 is 0.946 bits per heavy atom. The first-order valence-corrected chi connectivity index (χ1v) is 14.0. The standard InChI is InChI=1S/C28H32FN3O4S/c1-21-7-6-10-27(22(21)2)30-15-17-31(18-16-30)28(33)20-36-25-13-11-24(12-14-25)32(37(3,34)35)19-23-8-4-5-9-26(23)29/h4-14H,15-20H2,1-3H3. The maximum absolute atomic E-state index is 14.1. The lowest BCUT2D eigenvalue weighted by molar-refractivity contribution is -0.133. The van der Waals surface area contributed by atoms with Gasteiger partial charge in [0.15, 0.2) is 6.61 Å². The summed E-state index contributed by atoms with van der Waals surface area (Å²) < 4.78 is 45.7. The molecule has 37 heavy (non-hydrogen) atoms. The number of piperazine rings is 1. The van der Waals surface area contributed by atoms with Gasteiger partial charge in [0.2, 0.25) is 10.0 Å². The molecule has 9 heteroatoms. The SMILES string of the molecule is Cc1cccc(N2CCN(C(=O)COc3ccc(N(Cc4ccccc4F)S(C)(=O)=O)cc3)CC2)c1C. The highest BCUT2D eigenvalue weighted by atomic mass is 32.2. The summed E-state index contributed by atoms with van der Waals surface area (Å²) in [5, 5.41) is 0. The van der Waals surface area contributed by atoms with Gasteiger partial charge in [-0.05, 0) is 61.4 Å². The van der Waals surface area contributed by atoms with Crippen LogP contribution < -0.4 is 13.9 Å². The largest absolute Gasteiger partial charge is 0.484 e. The Labute approximate surface area is 218 Å². The molecule has 1 amide bonds. The van der Waals surface area contributed by atoms with Crippen LogP contribution in [-0.4, -0.2) is 58.3 Å². The lowest BCUT2D eigenvalue weighted by Gasteiger charge is -2.37. The quantitative estimate of drug-likeness (QED) is 0.442. The van der Waals surface area contributed by atoms with Crippen molar-refractivity contribution in [2.45, 2.75) is 20.4 Å². The van der Waals surface area contributed by atoms with Crippen molar-refractivity contribution in [2.75, 3.05) is 48.2 Å². The summed E-state index contributed by atoms with van der Waals surface area (Å²) in [6.07, 6.45) is 1.08. The van der Waals surface area contributed by atoms with Crippen LogP contribution in [0.15, 0.2) is 66.7 Å². The van der Waals surface area contributed by atoms with Crippen molar-refractivity contribution in [3.63, 3.8) is 0 Å². The van der Waals surface area contributed by atoms with Crippen molar-refractivity contribution in [1.82, 2.24) is 4.90 Å². The average molecular weight is 526 g/mol. The van der Waals surface area contributed by atoms with E-state index in [9.17, 15) is 17.6 Å². The predicted octanol–water partition coefficient (Wildman–Crippen LogP) is 4.14. The number of amides is 1. The molecule has 0 bridgehead atoms. The van der Waals surface area contributed by atoms with Crippen LogP contribution in [0.2, 0.25) is 0 Å². The minimum absolute atomic E-state index is 0.0954. The highest BCUT2D eigenvalue weighted by molar-refractivity contribution is 7.92. The second-order valence-electron chi connectivity index (χ2n) is 9.23. The molecule has 1 fully saturated rings. The molecule has 3 aromatic carbocycles. The van der Waals surface area contributed by atoms with Crippen LogP contribution in [-0.2, 0) is 21.4 Å². The zero-order valence-corrected chi connectivity index (χ0v) is 22.2. The van der Waals surface area contributed by atoms with E-state index in [0.29, 0.717) is 24.5 Å². The van der Waals surface area contributed by atoms with Gasteiger partial charge in [-0.1, -0.05) is 30.3 Å². The molecule has 0 radical (unpaired) electrons. The van der Waals surface area contributed by atoms with E-state index in [0.717, 1.165) is 23.7 Å². The third-order valence-corrected chi connectivity index (χ3v) is 7.85. The highest BCUT2D eigenvalue weighted by Crippen LogP contribution is 2.26. The van der Waals surface area contributed by atoms with Crippen LogP contribution in [0.1, 0.15) is 16.7 Å². The molecule has 0 atom stereocenters. The van der Waals surface area contributed by atoms with Gasteiger partial charge in [-0.15, -0.1) is 0 Å². The summed E-state index contributed by atoms with van der Waals surface area (Å²) >= 11 is 0. The molecule has 4 rings (SSSR count). The van der Waals surface area contributed by atoms with Gasteiger partial charge < -0.3 is 14.5 Å². The molecule has 1 aliphatic rings. The fourth-order valence-electron chi connectivity index (χ4n) is 4.40. The van der Waals surface area contributed by atoms with Crippen LogP contribution in [0, 0.1) is 19.7 Å². The minimum atomic E-state index is -3.65. The van der Waals surface area contributed by atoms with Gasteiger partial charge in [0.05, 0.1) is 18.5 Å². The molecule has 0 aliphatic carbocycles. The van der Waals surface area contributed by atoms with Crippen LogP contribution in [0.3, 0.4) is 0 Å². The number of carbonyl (C=O) groups excluding carboxylic acids is 1. The number of hydrogen-bond acceptors (Lipinski definition) is 5. The first-order valence-electron chi connectivity index (χ1n) is 12.2. The fraction of sp³-hybridized carbons (Fsp3) is 0.321. The average Bonchev–Trinajstić information content (AvgIpc) is 2.88.